The van der Waals surface area contributed by atoms with Crippen molar-refractivity contribution in [3.05, 3.63) is 41.6 Å². The molecular formula is C23H33N7. The number of nitrogens with zero attached hydrogens (tertiary/aromatic N) is 5. The van der Waals surface area contributed by atoms with Gasteiger partial charge in [-0.25, -0.2) is 4.68 Å². The molecule has 1 aliphatic rings. The lowest BCUT2D eigenvalue weighted by Gasteiger charge is -2.37. The minimum Gasteiger partial charge on any atom is -0.382 e. The van der Waals surface area contributed by atoms with Crippen molar-refractivity contribution in [3.63, 3.8) is 0 Å². The summed E-state index contributed by atoms with van der Waals surface area (Å²) in [7, 11) is 0. The summed E-state index contributed by atoms with van der Waals surface area (Å²) in [6.45, 7) is 10.4. The first-order chi connectivity index (χ1) is 14.5. The molecule has 0 aliphatic carbocycles. The Morgan fingerprint density at radius 3 is 2.60 bits per heavy atom. The number of anilines is 1. The summed E-state index contributed by atoms with van der Waals surface area (Å²) in [5.41, 5.74) is 8.26. The van der Waals surface area contributed by atoms with Gasteiger partial charge in [0.25, 0.3) is 0 Å². The summed E-state index contributed by atoms with van der Waals surface area (Å²) in [6.07, 6.45) is 2.76. The molecule has 3 N–H and O–H groups in total. The molecule has 0 saturated carbocycles. The molecule has 7 nitrogen and oxygen atoms in total. The molecule has 0 radical (unpaired) electrons. The van der Waals surface area contributed by atoms with Crippen LogP contribution in [-0.2, 0) is 6.42 Å². The number of nitrogens with two attached hydrogens (primary N) is 1. The predicted octanol–water partition coefficient (Wildman–Crippen LogP) is 3.20. The third-order valence-electron chi connectivity index (χ3n) is 5.44. The molecule has 0 bridgehead atoms. The van der Waals surface area contributed by atoms with Gasteiger partial charge in [-0.1, -0.05) is 32.0 Å². The van der Waals surface area contributed by atoms with E-state index in [0.717, 1.165) is 43.4 Å². The molecule has 1 saturated heterocycles. The molecule has 0 spiro atoms. The van der Waals surface area contributed by atoms with Crippen LogP contribution in [0, 0.1) is 23.2 Å². The molecule has 30 heavy (non-hydrogen) atoms. The van der Waals surface area contributed by atoms with Crippen molar-refractivity contribution in [1.82, 2.24) is 20.0 Å². The molecule has 1 aromatic carbocycles. The second-order valence-electron chi connectivity index (χ2n) is 8.26. The fourth-order valence-electron chi connectivity index (χ4n) is 4.23. The molecule has 2 atom stereocenters. The molecule has 1 fully saturated rings. The van der Waals surface area contributed by atoms with Crippen molar-refractivity contribution < 1.29 is 0 Å². The highest BCUT2D eigenvalue weighted by Gasteiger charge is 2.24. The number of likely N-dealkylation sites (tertiary alicyclic amines) is 1. The molecule has 3 rings (SSSR count). The number of benzene rings is 1. The number of nitrogens with one attached hydrogen (secondary N) is 1. The van der Waals surface area contributed by atoms with Gasteiger partial charge in [0.1, 0.15) is 17.5 Å². The van der Waals surface area contributed by atoms with Crippen LogP contribution in [0.3, 0.4) is 0 Å². The van der Waals surface area contributed by atoms with Crippen LogP contribution >= 0.6 is 0 Å². The Hall–Kier alpha value is -3.01. The van der Waals surface area contributed by atoms with Crippen molar-refractivity contribution in [2.45, 2.75) is 40.0 Å². The second-order valence-corrected chi connectivity index (χ2v) is 8.26. The smallest absolute Gasteiger partial charge is 0.193 e. The van der Waals surface area contributed by atoms with Gasteiger partial charge in [-0.3, -0.25) is 4.99 Å². The first-order valence-corrected chi connectivity index (χ1v) is 10.9. The van der Waals surface area contributed by atoms with Gasteiger partial charge in [0, 0.05) is 26.2 Å². The van der Waals surface area contributed by atoms with Crippen LogP contribution in [0.2, 0.25) is 0 Å². The molecule has 1 aliphatic heterocycles. The maximum atomic E-state index is 9.57. The van der Waals surface area contributed by atoms with E-state index in [4.69, 9.17) is 10.7 Å². The summed E-state index contributed by atoms with van der Waals surface area (Å²) >= 11 is 0. The van der Waals surface area contributed by atoms with E-state index >= 15 is 0 Å². The zero-order chi connectivity index (χ0) is 21.5. The number of nitriles is 1. The predicted molar refractivity (Wildman–Crippen MR) is 122 cm³/mol. The van der Waals surface area contributed by atoms with Crippen LogP contribution in [0.25, 0.3) is 5.69 Å². The van der Waals surface area contributed by atoms with Gasteiger partial charge in [-0.15, -0.1) is 0 Å². The lowest BCUT2D eigenvalue weighted by molar-refractivity contribution is 0.208. The highest BCUT2D eigenvalue weighted by atomic mass is 15.3. The van der Waals surface area contributed by atoms with E-state index in [0.29, 0.717) is 36.2 Å². The summed E-state index contributed by atoms with van der Waals surface area (Å²) in [5, 5.41) is 17.6. The number of aryl methyl sites for hydroxylation is 1. The number of hydrogen-bond acceptors (Lipinski definition) is 4. The zero-order valence-electron chi connectivity index (χ0n) is 18.3. The molecule has 1 aromatic heterocycles. The van der Waals surface area contributed by atoms with Gasteiger partial charge in [0.2, 0.25) is 0 Å². The first-order valence-electron chi connectivity index (χ1n) is 10.9. The maximum Gasteiger partial charge on any atom is 0.193 e. The molecule has 0 amide bonds. The van der Waals surface area contributed by atoms with E-state index in [1.165, 1.54) is 6.42 Å². The highest BCUT2D eigenvalue weighted by molar-refractivity contribution is 5.80. The average Bonchev–Trinajstić information content (AvgIpc) is 3.05. The van der Waals surface area contributed by atoms with Gasteiger partial charge in [0.05, 0.1) is 11.4 Å². The van der Waals surface area contributed by atoms with E-state index < -0.39 is 0 Å². The number of nitrogen functional groups attached to an aromatic ring is 1. The second kappa shape index (κ2) is 10.1. The highest BCUT2D eigenvalue weighted by Crippen LogP contribution is 2.22. The van der Waals surface area contributed by atoms with E-state index in [1.54, 1.807) is 4.68 Å². The lowest BCUT2D eigenvalue weighted by atomic mass is 9.92. The molecule has 2 heterocycles. The average molecular weight is 408 g/mol. The minimum atomic E-state index is 0.395. The number of rotatable bonds is 6. The third-order valence-corrected chi connectivity index (χ3v) is 5.44. The van der Waals surface area contributed by atoms with Gasteiger partial charge in [-0.05, 0) is 50.2 Å². The summed E-state index contributed by atoms with van der Waals surface area (Å²) < 4.78 is 1.65. The van der Waals surface area contributed by atoms with Crippen LogP contribution in [0.4, 0.5) is 5.82 Å². The number of piperidine rings is 1. The van der Waals surface area contributed by atoms with Crippen LogP contribution in [0.5, 0.6) is 0 Å². The van der Waals surface area contributed by atoms with Crippen molar-refractivity contribution in [2.24, 2.45) is 16.8 Å². The Morgan fingerprint density at radius 2 is 1.97 bits per heavy atom. The minimum absolute atomic E-state index is 0.395. The van der Waals surface area contributed by atoms with Gasteiger partial charge in [0.15, 0.2) is 5.96 Å². The van der Waals surface area contributed by atoms with E-state index in [-0.39, 0.29) is 0 Å². The van der Waals surface area contributed by atoms with E-state index in [2.05, 4.69) is 42.2 Å². The Balaban J connectivity index is 1.67. The van der Waals surface area contributed by atoms with Crippen LogP contribution in [0.15, 0.2) is 35.3 Å². The standard InChI is InChI=1S/C23H33N7/c1-4-26-23(29-15-17(2)13-18(3)16-29)27-12-8-11-21-20(14-24)22(25)30(28-21)19-9-6-5-7-10-19/h5-7,9-10,17-18H,4,8,11-13,15-16,25H2,1-3H3,(H,26,27). The number of guanidine groups is 1. The SMILES string of the molecule is CCNC(=NCCCc1nn(-c2ccccc2)c(N)c1C#N)N1CC(C)CC(C)C1. The van der Waals surface area contributed by atoms with Crippen molar-refractivity contribution in [3.8, 4) is 11.8 Å². The third kappa shape index (κ3) is 5.12. The van der Waals surface area contributed by atoms with E-state index in [9.17, 15) is 5.26 Å². The normalized spacial score (nSPS) is 19.5. The van der Waals surface area contributed by atoms with E-state index in [1.807, 2.05) is 30.3 Å². The topological polar surface area (TPSA) is 95.3 Å². The fraction of sp³-hybridized carbons (Fsp3) is 0.522. The van der Waals surface area contributed by atoms with Crippen LogP contribution in [-0.4, -0.2) is 46.8 Å². The van der Waals surface area contributed by atoms with Gasteiger partial charge >= 0.3 is 0 Å². The van der Waals surface area contributed by atoms with Gasteiger partial charge in [-0.2, -0.15) is 10.4 Å². The number of aromatic nitrogens is 2. The number of aliphatic imine (C=N–C) groups is 1. The largest absolute Gasteiger partial charge is 0.382 e. The molecule has 2 aromatic rings. The van der Waals surface area contributed by atoms with Crippen LogP contribution < -0.4 is 11.1 Å². The molecular weight excluding hydrogens is 374 g/mol. The summed E-state index contributed by atoms with van der Waals surface area (Å²) in [5.74, 6) is 2.75. The Kier molecular flexibility index (Phi) is 7.34. The molecule has 2 unspecified atom stereocenters. The number of para-hydroxylation sites is 1. The quantitative estimate of drug-likeness (QED) is 0.436. The Bertz CT molecular complexity index is 884. The Labute approximate surface area is 179 Å². The maximum absolute atomic E-state index is 9.57. The fourth-order valence-corrected chi connectivity index (χ4v) is 4.23. The zero-order valence-corrected chi connectivity index (χ0v) is 18.3. The Morgan fingerprint density at radius 1 is 1.27 bits per heavy atom. The lowest BCUT2D eigenvalue weighted by Crippen LogP contribution is -2.48. The summed E-state index contributed by atoms with van der Waals surface area (Å²) in [6, 6.07) is 11.9. The van der Waals surface area contributed by atoms with Crippen molar-refractivity contribution in [2.75, 3.05) is 31.9 Å². The van der Waals surface area contributed by atoms with Crippen molar-refractivity contribution in [1.29, 1.82) is 5.26 Å². The first kappa shape index (κ1) is 21.7. The van der Waals surface area contributed by atoms with Crippen molar-refractivity contribution >= 4 is 11.8 Å². The molecule has 7 heteroatoms. The monoisotopic (exact) mass is 407 g/mol. The van der Waals surface area contributed by atoms with Gasteiger partial charge < -0.3 is 16.0 Å². The molecule has 160 valence electrons. The number of hydrogen-bond donors (Lipinski definition) is 2. The van der Waals surface area contributed by atoms with Crippen LogP contribution in [0.1, 0.15) is 44.9 Å². The summed E-state index contributed by atoms with van der Waals surface area (Å²) in [4.78, 5) is 7.23.